The van der Waals surface area contributed by atoms with Gasteiger partial charge in [0.15, 0.2) is 15.7 Å². The lowest BCUT2D eigenvalue weighted by Gasteiger charge is -2.26. The molecule has 174 valence electrons. The highest BCUT2D eigenvalue weighted by atomic mass is 35.5. The van der Waals surface area contributed by atoms with Crippen LogP contribution in [0.1, 0.15) is 40.5 Å². The zero-order valence-electron chi connectivity index (χ0n) is 17.9. The predicted molar refractivity (Wildman–Crippen MR) is 127 cm³/mol. The lowest BCUT2D eigenvalue weighted by Crippen LogP contribution is -2.39. The van der Waals surface area contributed by atoms with E-state index in [4.69, 9.17) is 4.52 Å². The highest BCUT2D eigenvalue weighted by Crippen LogP contribution is 2.38. The molecule has 0 atom stereocenters. The molecule has 1 saturated heterocycles. The van der Waals surface area contributed by atoms with E-state index in [0.29, 0.717) is 42.7 Å². The van der Waals surface area contributed by atoms with Crippen LogP contribution >= 0.6 is 12.4 Å². The van der Waals surface area contributed by atoms with Gasteiger partial charge in [-0.1, -0.05) is 17.3 Å². The summed E-state index contributed by atoms with van der Waals surface area (Å²) >= 11 is 0. The maximum atomic E-state index is 12.7. The van der Waals surface area contributed by atoms with Crippen molar-refractivity contribution in [2.45, 2.75) is 25.3 Å². The fourth-order valence-corrected chi connectivity index (χ4v) is 5.01. The molecular formula is C23H25ClN4O4S. The molecule has 2 heterocycles. The number of hydrogen-bond acceptors (Lipinski definition) is 7. The Morgan fingerprint density at radius 1 is 1.09 bits per heavy atom. The Morgan fingerprint density at radius 2 is 1.82 bits per heavy atom. The minimum absolute atomic E-state index is 0. The minimum atomic E-state index is -2.90. The highest BCUT2D eigenvalue weighted by molar-refractivity contribution is 7.91. The van der Waals surface area contributed by atoms with Gasteiger partial charge < -0.3 is 9.84 Å². The topological polar surface area (TPSA) is 105 Å². The van der Waals surface area contributed by atoms with E-state index in [1.54, 1.807) is 6.07 Å². The first-order chi connectivity index (χ1) is 15.4. The van der Waals surface area contributed by atoms with Crippen molar-refractivity contribution in [3.05, 3.63) is 65.5 Å². The molecule has 1 amide bonds. The molecule has 2 fully saturated rings. The number of benzene rings is 2. The summed E-state index contributed by atoms with van der Waals surface area (Å²) < 4.78 is 28.6. The zero-order valence-corrected chi connectivity index (χ0v) is 19.6. The predicted octanol–water partition coefficient (Wildman–Crippen LogP) is 3.52. The first-order valence-corrected chi connectivity index (χ1v) is 12.5. The summed E-state index contributed by atoms with van der Waals surface area (Å²) in [6.45, 7) is 1.67. The van der Waals surface area contributed by atoms with Gasteiger partial charge in [0.2, 0.25) is 0 Å². The quantitative estimate of drug-likeness (QED) is 0.565. The Labute approximate surface area is 198 Å². The summed E-state index contributed by atoms with van der Waals surface area (Å²) in [6, 6.07) is 14.7. The number of rotatable bonds is 6. The van der Waals surface area contributed by atoms with E-state index in [0.717, 1.165) is 29.8 Å². The third-order valence-corrected chi connectivity index (χ3v) is 7.42. The third kappa shape index (κ3) is 5.79. The van der Waals surface area contributed by atoms with E-state index >= 15 is 0 Å². The van der Waals surface area contributed by atoms with E-state index < -0.39 is 9.84 Å². The van der Waals surface area contributed by atoms with Crippen LogP contribution in [0.2, 0.25) is 0 Å². The number of carbonyl (C=O) groups excluding carboxylic acids is 1. The second-order valence-electron chi connectivity index (χ2n) is 8.39. The molecule has 3 aromatic rings. The minimum Gasteiger partial charge on any atom is -0.334 e. The van der Waals surface area contributed by atoms with Crippen molar-refractivity contribution in [1.82, 2.24) is 15.0 Å². The molecule has 2 aliphatic rings. The SMILES string of the molecule is Cl.O=C(Nc1ccc(-c2nc(C3CC3)no2)cc1)c1cccc(CN2CCS(=O)(=O)CC2)c1. The lowest BCUT2D eigenvalue weighted by atomic mass is 10.1. The summed E-state index contributed by atoms with van der Waals surface area (Å²) in [5.74, 6) is 1.87. The second-order valence-corrected chi connectivity index (χ2v) is 10.7. The number of amides is 1. The number of hydrogen-bond donors (Lipinski definition) is 1. The van der Waals surface area contributed by atoms with E-state index in [-0.39, 0.29) is 29.8 Å². The number of anilines is 1. The van der Waals surface area contributed by atoms with Crippen molar-refractivity contribution in [1.29, 1.82) is 0 Å². The van der Waals surface area contributed by atoms with Gasteiger partial charge in [0.1, 0.15) is 0 Å². The number of nitrogens with zero attached hydrogens (tertiary/aromatic N) is 3. The smallest absolute Gasteiger partial charge is 0.257 e. The molecule has 0 bridgehead atoms. The molecule has 33 heavy (non-hydrogen) atoms. The van der Waals surface area contributed by atoms with Crippen LogP contribution < -0.4 is 5.32 Å². The van der Waals surface area contributed by atoms with E-state index in [9.17, 15) is 13.2 Å². The second kappa shape index (κ2) is 9.62. The number of carbonyl (C=O) groups is 1. The molecule has 5 rings (SSSR count). The van der Waals surface area contributed by atoms with Crippen LogP contribution in [0.15, 0.2) is 53.1 Å². The Kier molecular flexibility index (Phi) is 6.83. The van der Waals surface area contributed by atoms with Crippen LogP contribution in [-0.4, -0.2) is 54.0 Å². The normalized spacial score (nSPS) is 17.8. The van der Waals surface area contributed by atoms with Gasteiger partial charge in [0.05, 0.1) is 11.5 Å². The number of sulfone groups is 1. The Hall–Kier alpha value is -2.75. The van der Waals surface area contributed by atoms with Crippen LogP contribution in [0.3, 0.4) is 0 Å². The molecule has 1 aromatic heterocycles. The summed E-state index contributed by atoms with van der Waals surface area (Å²) in [6.07, 6.45) is 2.23. The molecule has 1 aliphatic carbocycles. The molecule has 1 aliphatic heterocycles. The van der Waals surface area contributed by atoms with Crippen LogP contribution in [-0.2, 0) is 16.4 Å². The Balaban J connectivity index is 0.00000259. The fraction of sp³-hybridized carbons (Fsp3) is 0.348. The Bertz CT molecular complexity index is 1230. The van der Waals surface area contributed by atoms with Gasteiger partial charge in [0, 0.05) is 42.4 Å². The first kappa shape index (κ1) is 23.4. The molecule has 0 unspecified atom stereocenters. The van der Waals surface area contributed by atoms with Crippen LogP contribution in [0, 0.1) is 0 Å². The number of nitrogens with one attached hydrogen (secondary N) is 1. The van der Waals surface area contributed by atoms with Gasteiger partial charge in [-0.2, -0.15) is 4.98 Å². The van der Waals surface area contributed by atoms with E-state index in [1.807, 2.05) is 42.5 Å². The maximum Gasteiger partial charge on any atom is 0.257 e. The van der Waals surface area contributed by atoms with Crippen molar-refractivity contribution in [3.63, 3.8) is 0 Å². The molecular weight excluding hydrogens is 464 g/mol. The number of halogens is 1. The first-order valence-electron chi connectivity index (χ1n) is 10.7. The van der Waals surface area contributed by atoms with Gasteiger partial charge in [-0.25, -0.2) is 8.42 Å². The van der Waals surface area contributed by atoms with Crippen molar-refractivity contribution in [2.75, 3.05) is 29.9 Å². The lowest BCUT2D eigenvalue weighted by molar-refractivity contribution is 0.102. The third-order valence-electron chi connectivity index (χ3n) is 5.81. The van der Waals surface area contributed by atoms with Gasteiger partial charge in [-0.3, -0.25) is 9.69 Å². The zero-order chi connectivity index (χ0) is 22.1. The molecule has 0 spiro atoms. The van der Waals surface area contributed by atoms with Crippen molar-refractivity contribution >= 4 is 33.8 Å². The summed E-state index contributed by atoms with van der Waals surface area (Å²) in [7, 11) is -2.90. The van der Waals surface area contributed by atoms with Gasteiger partial charge in [-0.15, -0.1) is 12.4 Å². The van der Waals surface area contributed by atoms with Gasteiger partial charge >= 0.3 is 0 Å². The van der Waals surface area contributed by atoms with Crippen molar-refractivity contribution in [3.8, 4) is 11.5 Å². The van der Waals surface area contributed by atoms with E-state index in [2.05, 4.69) is 20.4 Å². The average molecular weight is 489 g/mol. The van der Waals surface area contributed by atoms with Crippen LogP contribution in [0.25, 0.3) is 11.5 Å². The van der Waals surface area contributed by atoms with Crippen molar-refractivity contribution in [2.24, 2.45) is 0 Å². The monoisotopic (exact) mass is 488 g/mol. The van der Waals surface area contributed by atoms with Crippen LogP contribution in [0.4, 0.5) is 5.69 Å². The summed E-state index contributed by atoms with van der Waals surface area (Å²) in [5, 5.41) is 6.95. The van der Waals surface area contributed by atoms with Crippen LogP contribution in [0.5, 0.6) is 0 Å². The van der Waals surface area contributed by atoms with Crippen molar-refractivity contribution < 1.29 is 17.7 Å². The highest BCUT2D eigenvalue weighted by Gasteiger charge is 2.29. The Morgan fingerprint density at radius 3 is 2.52 bits per heavy atom. The van der Waals surface area contributed by atoms with Gasteiger partial charge in [-0.05, 0) is 54.8 Å². The standard InChI is InChI=1S/C23H24N4O4S.ClH/c28-22(19-3-1-2-16(14-19)15-27-10-12-32(29,30)13-11-27)24-20-8-6-18(7-9-20)23-25-21(26-31-23)17-4-5-17;/h1-3,6-9,14,17H,4-5,10-13,15H2,(H,24,28);1H. The summed E-state index contributed by atoms with van der Waals surface area (Å²) in [4.78, 5) is 19.3. The molecule has 2 aromatic carbocycles. The largest absolute Gasteiger partial charge is 0.334 e. The maximum absolute atomic E-state index is 12.7. The molecule has 1 saturated carbocycles. The molecule has 0 radical (unpaired) electrons. The molecule has 10 heteroatoms. The fourth-order valence-electron chi connectivity index (χ4n) is 3.74. The molecule has 8 nitrogen and oxygen atoms in total. The molecule has 1 N–H and O–H groups in total. The summed E-state index contributed by atoms with van der Waals surface area (Å²) in [5.41, 5.74) is 3.03. The number of aromatic nitrogens is 2. The van der Waals surface area contributed by atoms with E-state index in [1.165, 1.54) is 0 Å². The van der Waals surface area contributed by atoms with Gasteiger partial charge in [0.25, 0.3) is 11.8 Å². The average Bonchev–Trinajstić information content (AvgIpc) is 3.53.